The fourth-order valence-electron chi connectivity index (χ4n) is 3.33. The van der Waals surface area contributed by atoms with Crippen molar-refractivity contribution < 1.29 is 14.3 Å². The van der Waals surface area contributed by atoms with Gasteiger partial charge in [0.2, 0.25) is 0 Å². The highest BCUT2D eigenvalue weighted by Crippen LogP contribution is 2.37. The van der Waals surface area contributed by atoms with Crippen LogP contribution in [0.5, 0.6) is 6.01 Å². The predicted octanol–water partition coefficient (Wildman–Crippen LogP) is 2.10. The zero-order chi connectivity index (χ0) is 22.0. The lowest BCUT2D eigenvalue weighted by Crippen LogP contribution is -2.17. The van der Waals surface area contributed by atoms with Crippen LogP contribution in [0.3, 0.4) is 0 Å². The smallest absolute Gasteiger partial charge is 0.317 e. The molecule has 1 aromatic carbocycles. The fraction of sp³-hybridized carbons (Fsp3) is 0.190. The van der Waals surface area contributed by atoms with Gasteiger partial charge in [-0.2, -0.15) is 10.1 Å². The monoisotopic (exact) mass is 419 g/mol. The summed E-state index contributed by atoms with van der Waals surface area (Å²) in [6.45, 7) is 2.66. The number of fused-ring (bicyclic) bond motifs is 1. The van der Waals surface area contributed by atoms with Crippen LogP contribution in [0.4, 0.5) is 5.69 Å². The molecule has 3 aromatic heterocycles. The van der Waals surface area contributed by atoms with Crippen molar-refractivity contribution in [3.8, 4) is 28.5 Å². The maximum atomic E-state index is 12.1. The molecule has 0 radical (unpaired) electrons. The molecule has 4 aromatic rings. The average Bonchev–Trinajstić information content (AvgIpc) is 3.23. The molecule has 0 aliphatic heterocycles. The Morgan fingerprint density at radius 1 is 1.16 bits per heavy atom. The van der Waals surface area contributed by atoms with Gasteiger partial charge in [0.1, 0.15) is 6.61 Å². The van der Waals surface area contributed by atoms with Crippen molar-refractivity contribution in [1.29, 1.82) is 0 Å². The summed E-state index contributed by atoms with van der Waals surface area (Å²) in [6, 6.07) is 7.50. The highest BCUT2D eigenvalue weighted by Gasteiger charge is 2.20. The number of ether oxygens (including phenoxy) is 2. The Bertz CT molecular complexity index is 1270. The second kappa shape index (κ2) is 8.36. The van der Waals surface area contributed by atoms with E-state index in [1.807, 2.05) is 19.1 Å². The maximum Gasteiger partial charge on any atom is 0.317 e. The summed E-state index contributed by atoms with van der Waals surface area (Å²) in [7, 11) is 1.58. The molecule has 5 N–H and O–H groups in total. The van der Waals surface area contributed by atoms with Crippen LogP contribution < -0.4 is 16.2 Å². The fourth-order valence-corrected chi connectivity index (χ4v) is 3.33. The van der Waals surface area contributed by atoms with Crippen LogP contribution in [0.2, 0.25) is 0 Å². The Hall–Kier alpha value is -4.05. The number of primary amides is 1. The molecule has 0 saturated carbocycles. The number of H-pyrrole nitrogens is 1. The number of rotatable bonds is 7. The number of hydrogen-bond donors (Lipinski definition) is 3. The summed E-state index contributed by atoms with van der Waals surface area (Å²) in [5.41, 5.74) is 16.2. The Balaban J connectivity index is 1.89. The van der Waals surface area contributed by atoms with Gasteiger partial charge >= 0.3 is 6.01 Å². The zero-order valence-corrected chi connectivity index (χ0v) is 17.0. The molecule has 4 rings (SSSR count). The van der Waals surface area contributed by atoms with Crippen LogP contribution in [0, 0.1) is 6.92 Å². The van der Waals surface area contributed by atoms with Crippen LogP contribution >= 0.6 is 0 Å². The van der Waals surface area contributed by atoms with Gasteiger partial charge in [-0.3, -0.25) is 9.89 Å². The Morgan fingerprint density at radius 2 is 2.00 bits per heavy atom. The first-order chi connectivity index (χ1) is 15.0. The van der Waals surface area contributed by atoms with Gasteiger partial charge in [0.25, 0.3) is 5.91 Å². The minimum absolute atomic E-state index is 0.0344. The lowest BCUT2D eigenvalue weighted by atomic mass is 9.94. The highest BCUT2D eigenvalue weighted by molar-refractivity contribution is 6.05. The number of pyridine rings is 1. The van der Waals surface area contributed by atoms with Crippen molar-refractivity contribution in [2.45, 2.75) is 6.92 Å². The number of nitrogens with one attached hydrogen (secondary N) is 1. The Kier molecular flexibility index (Phi) is 5.46. The van der Waals surface area contributed by atoms with E-state index < -0.39 is 5.91 Å². The molecule has 3 heterocycles. The molecule has 0 aliphatic rings. The second-order valence-corrected chi connectivity index (χ2v) is 6.84. The number of hydrogen-bond acceptors (Lipinski definition) is 8. The predicted molar refractivity (Wildman–Crippen MR) is 115 cm³/mol. The van der Waals surface area contributed by atoms with E-state index in [-0.39, 0.29) is 17.4 Å². The molecule has 31 heavy (non-hydrogen) atoms. The Morgan fingerprint density at radius 3 is 2.77 bits per heavy atom. The molecule has 10 nitrogen and oxygen atoms in total. The van der Waals surface area contributed by atoms with E-state index in [0.717, 1.165) is 22.0 Å². The largest absolute Gasteiger partial charge is 0.461 e. The third kappa shape index (κ3) is 3.88. The number of aromatic amines is 1. The number of aromatic nitrogens is 5. The van der Waals surface area contributed by atoms with Gasteiger partial charge in [0.05, 0.1) is 35.4 Å². The van der Waals surface area contributed by atoms with E-state index in [0.29, 0.717) is 30.2 Å². The molecule has 0 unspecified atom stereocenters. The van der Waals surface area contributed by atoms with Crippen LogP contribution in [-0.2, 0) is 4.74 Å². The van der Waals surface area contributed by atoms with Gasteiger partial charge in [-0.15, -0.1) is 0 Å². The zero-order valence-electron chi connectivity index (χ0n) is 17.0. The van der Waals surface area contributed by atoms with Gasteiger partial charge in [0, 0.05) is 24.3 Å². The maximum absolute atomic E-state index is 12.1. The normalized spacial score (nSPS) is 11.0. The summed E-state index contributed by atoms with van der Waals surface area (Å²) in [5, 5.41) is 7.94. The van der Waals surface area contributed by atoms with Gasteiger partial charge in [0.15, 0.2) is 5.69 Å². The number of methoxy groups -OCH3 is 1. The number of anilines is 1. The van der Waals surface area contributed by atoms with Crippen LogP contribution in [-0.4, -0.2) is 51.4 Å². The summed E-state index contributed by atoms with van der Waals surface area (Å²) in [5.74, 6) is -0.733. The molecule has 0 saturated heterocycles. The van der Waals surface area contributed by atoms with Crippen LogP contribution in [0.25, 0.3) is 33.4 Å². The third-order valence-electron chi connectivity index (χ3n) is 4.81. The van der Waals surface area contributed by atoms with E-state index in [2.05, 4.69) is 25.1 Å². The molecule has 0 spiro atoms. The van der Waals surface area contributed by atoms with E-state index in [4.69, 9.17) is 20.9 Å². The summed E-state index contributed by atoms with van der Waals surface area (Å²) in [6.07, 6.45) is 3.27. The van der Waals surface area contributed by atoms with Crippen molar-refractivity contribution in [3.05, 3.63) is 47.9 Å². The molecule has 10 heteroatoms. The molecule has 0 fully saturated rings. The third-order valence-corrected chi connectivity index (χ3v) is 4.81. The number of nitrogens with zero attached hydrogens (tertiary/aromatic N) is 4. The number of carbonyl (C=O) groups is 1. The number of amides is 1. The highest BCUT2D eigenvalue weighted by atomic mass is 16.5. The van der Waals surface area contributed by atoms with Gasteiger partial charge in [-0.05, 0) is 36.2 Å². The molecule has 0 bridgehead atoms. The number of nitrogen functional groups attached to an aromatic ring is 1. The lowest BCUT2D eigenvalue weighted by Gasteiger charge is -2.15. The minimum atomic E-state index is -0.733. The summed E-state index contributed by atoms with van der Waals surface area (Å²) in [4.78, 5) is 25.0. The molecular weight excluding hydrogens is 398 g/mol. The van der Waals surface area contributed by atoms with Crippen LogP contribution in [0.15, 0.2) is 36.7 Å². The van der Waals surface area contributed by atoms with Crippen molar-refractivity contribution in [3.63, 3.8) is 0 Å². The molecule has 158 valence electrons. The lowest BCUT2D eigenvalue weighted by molar-refractivity contribution is 0.0996. The van der Waals surface area contributed by atoms with Gasteiger partial charge in [-0.25, -0.2) is 9.97 Å². The molecule has 1 amide bonds. The first kappa shape index (κ1) is 20.2. The molecule has 0 atom stereocenters. The number of carbonyl (C=O) groups excluding carboxylic acids is 1. The molecular formula is C21H21N7O3. The van der Waals surface area contributed by atoms with E-state index in [1.54, 1.807) is 31.6 Å². The number of benzene rings is 1. The van der Waals surface area contributed by atoms with Crippen molar-refractivity contribution in [2.75, 3.05) is 26.1 Å². The van der Waals surface area contributed by atoms with E-state index in [9.17, 15) is 4.79 Å². The standard InChI is InChI=1S/C21H21N7O3/c1-11-3-4-14-13(10-25-28-14)17(11)12-9-16(26-19(18(12)22)20(23)29)15-5-6-24-21(27-15)31-8-7-30-2/h3-6,9-10H,7-8,22H2,1-2H3,(H2,23,29)(H,25,28). The Labute approximate surface area is 177 Å². The minimum Gasteiger partial charge on any atom is -0.461 e. The number of nitrogens with two attached hydrogens (primary N) is 2. The quantitative estimate of drug-likeness (QED) is 0.385. The van der Waals surface area contributed by atoms with E-state index in [1.165, 1.54) is 0 Å². The van der Waals surface area contributed by atoms with Gasteiger partial charge in [-0.1, -0.05) is 6.07 Å². The average molecular weight is 419 g/mol. The van der Waals surface area contributed by atoms with Crippen molar-refractivity contribution >= 4 is 22.5 Å². The van der Waals surface area contributed by atoms with Crippen LogP contribution in [0.1, 0.15) is 16.1 Å². The van der Waals surface area contributed by atoms with Crippen molar-refractivity contribution in [2.24, 2.45) is 5.73 Å². The van der Waals surface area contributed by atoms with Gasteiger partial charge < -0.3 is 20.9 Å². The molecule has 0 aliphatic carbocycles. The SMILES string of the molecule is COCCOc1nccc(-c2cc(-c3c(C)ccc4[nH]ncc34)c(N)c(C(N)=O)n2)n1. The van der Waals surface area contributed by atoms with E-state index >= 15 is 0 Å². The first-order valence-corrected chi connectivity index (χ1v) is 9.48. The summed E-state index contributed by atoms with van der Waals surface area (Å²) < 4.78 is 10.5. The number of aryl methyl sites for hydroxylation is 1. The second-order valence-electron chi connectivity index (χ2n) is 6.84. The topological polar surface area (TPSA) is 155 Å². The van der Waals surface area contributed by atoms with Crippen molar-refractivity contribution in [1.82, 2.24) is 25.1 Å². The summed E-state index contributed by atoms with van der Waals surface area (Å²) >= 11 is 0. The first-order valence-electron chi connectivity index (χ1n) is 9.48.